The fraction of sp³-hybridized carbons (Fsp3) is 0.385. The van der Waals surface area contributed by atoms with Crippen molar-refractivity contribution in [1.29, 1.82) is 0 Å². The van der Waals surface area contributed by atoms with Crippen LogP contribution < -0.4 is 0 Å². The Balaban J connectivity index is 0.000000963. The van der Waals surface area contributed by atoms with Crippen molar-refractivity contribution >= 4 is 22.6 Å². The predicted octanol–water partition coefficient (Wildman–Crippen LogP) is 3.04. The van der Waals surface area contributed by atoms with Crippen molar-refractivity contribution in [2.75, 3.05) is 13.1 Å². The van der Waals surface area contributed by atoms with E-state index in [0.717, 1.165) is 0 Å². The number of phenolic OH excluding ortho intramolecular Hbond substituents is 1. The van der Waals surface area contributed by atoms with Crippen molar-refractivity contribution in [3.05, 3.63) is 36.0 Å². The van der Waals surface area contributed by atoms with E-state index >= 15 is 0 Å². The first-order valence-electron chi connectivity index (χ1n) is 5.58. The fourth-order valence-corrected chi connectivity index (χ4v) is 2.64. The van der Waals surface area contributed by atoms with Gasteiger partial charge in [0.1, 0.15) is 5.75 Å². The van der Waals surface area contributed by atoms with Gasteiger partial charge in [-0.25, -0.2) is 0 Å². The summed E-state index contributed by atoms with van der Waals surface area (Å²) in [6, 6.07) is 7.61. The van der Waals surface area contributed by atoms with Crippen molar-refractivity contribution in [1.82, 2.24) is 4.90 Å². The monoisotopic (exact) mass is 281 g/mol. The summed E-state index contributed by atoms with van der Waals surface area (Å²) in [7, 11) is 0. The van der Waals surface area contributed by atoms with E-state index in [4.69, 9.17) is 0 Å². The van der Waals surface area contributed by atoms with Crippen LogP contribution in [0.4, 0.5) is 0 Å². The van der Waals surface area contributed by atoms with Crippen LogP contribution in [-0.4, -0.2) is 23.1 Å². The zero-order chi connectivity index (χ0) is 10.3. The van der Waals surface area contributed by atoms with Gasteiger partial charge in [0, 0.05) is 19.3 Å². The van der Waals surface area contributed by atoms with E-state index < -0.39 is 0 Å². The Morgan fingerprint density at radius 2 is 1.94 bits per heavy atom. The molecule has 3 aliphatic rings. The first kappa shape index (κ1) is 11.5. The molecule has 0 unspecified atom stereocenters. The standard InChI is InChI=1S/C13H15NO.BrH/c15-12-3-1-2-11(8-12)13-9-14-6-4-10(13)5-7-14;/h1-3,8-10,15H,4-7H2;1H. The third-order valence-electron chi connectivity index (χ3n) is 3.47. The van der Waals surface area contributed by atoms with Crippen LogP contribution >= 0.6 is 17.0 Å². The number of benzene rings is 1. The molecule has 0 spiro atoms. The molecule has 0 radical (unpaired) electrons. The zero-order valence-corrected chi connectivity index (χ0v) is 10.8. The summed E-state index contributed by atoms with van der Waals surface area (Å²) in [5.74, 6) is 1.07. The normalized spacial score (nSPS) is 19.2. The summed E-state index contributed by atoms with van der Waals surface area (Å²) in [6.07, 6.45) is 4.80. The molecule has 0 amide bonds. The number of hydrogen-bond donors (Lipinski definition) is 1. The highest BCUT2D eigenvalue weighted by Crippen LogP contribution is 2.37. The van der Waals surface area contributed by atoms with Gasteiger partial charge in [0.15, 0.2) is 0 Å². The molecule has 3 heteroatoms. The third-order valence-corrected chi connectivity index (χ3v) is 3.47. The number of fused-ring (bicyclic) bond motifs is 2. The van der Waals surface area contributed by atoms with Crippen molar-refractivity contribution in [2.24, 2.45) is 5.92 Å². The molecule has 2 nitrogen and oxygen atoms in total. The maximum atomic E-state index is 9.47. The summed E-state index contributed by atoms with van der Waals surface area (Å²) in [4.78, 5) is 2.39. The summed E-state index contributed by atoms with van der Waals surface area (Å²) in [5, 5.41) is 9.47. The Morgan fingerprint density at radius 3 is 2.50 bits per heavy atom. The van der Waals surface area contributed by atoms with Gasteiger partial charge in [-0.05, 0) is 42.0 Å². The molecule has 3 heterocycles. The van der Waals surface area contributed by atoms with Crippen molar-refractivity contribution in [2.45, 2.75) is 12.8 Å². The van der Waals surface area contributed by atoms with Crippen LogP contribution in [-0.2, 0) is 0 Å². The minimum Gasteiger partial charge on any atom is -0.508 e. The lowest BCUT2D eigenvalue weighted by molar-refractivity contribution is 0.252. The van der Waals surface area contributed by atoms with Crippen LogP contribution in [0, 0.1) is 5.92 Å². The third kappa shape index (κ3) is 1.96. The molecule has 0 saturated carbocycles. The van der Waals surface area contributed by atoms with Gasteiger partial charge in [-0.3, -0.25) is 0 Å². The smallest absolute Gasteiger partial charge is 0.116 e. The second-order valence-corrected chi connectivity index (χ2v) is 4.45. The summed E-state index contributed by atoms with van der Waals surface area (Å²) >= 11 is 0. The number of piperidine rings is 1. The molecule has 2 bridgehead atoms. The zero-order valence-electron chi connectivity index (χ0n) is 9.10. The number of rotatable bonds is 1. The summed E-state index contributed by atoms with van der Waals surface area (Å²) in [5.41, 5.74) is 2.59. The van der Waals surface area contributed by atoms with E-state index in [1.807, 2.05) is 12.1 Å². The van der Waals surface area contributed by atoms with Crippen molar-refractivity contribution in [3.63, 3.8) is 0 Å². The van der Waals surface area contributed by atoms with E-state index in [-0.39, 0.29) is 17.0 Å². The molecule has 1 fully saturated rings. The molecule has 0 atom stereocenters. The number of allylic oxidation sites excluding steroid dienone is 1. The van der Waals surface area contributed by atoms with Gasteiger partial charge in [0.05, 0.1) is 0 Å². The Kier molecular flexibility index (Phi) is 3.24. The van der Waals surface area contributed by atoms with Gasteiger partial charge in [-0.2, -0.15) is 0 Å². The second kappa shape index (κ2) is 4.50. The first-order valence-corrected chi connectivity index (χ1v) is 5.58. The Hall–Kier alpha value is -0.960. The van der Waals surface area contributed by atoms with E-state index in [2.05, 4.69) is 17.2 Å². The Bertz CT molecular complexity index is 408. The molecule has 16 heavy (non-hydrogen) atoms. The number of halogens is 1. The molecular formula is C13H16BrNO. The molecule has 1 aromatic rings. The first-order chi connectivity index (χ1) is 7.33. The van der Waals surface area contributed by atoms with Gasteiger partial charge in [0.2, 0.25) is 0 Å². The SMILES string of the molecule is Br.Oc1cccc(C2=CN3CCC2CC3)c1. The van der Waals surface area contributed by atoms with Gasteiger partial charge >= 0.3 is 0 Å². The lowest BCUT2D eigenvalue weighted by atomic mass is 9.82. The fourth-order valence-electron chi connectivity index (χ4n) is 2.64. The predicted molar refractivity (Wildman–Crippen MR) is 70.7 cm³/mol. The topological polar surface area (TPSA) is 23.5 Å². The van der Waals surface area contributed by atoms with Crippen LogP contribution in [0.15, 0.2) is 30.5 Å². The number of phenols is 1. The maximum Gasteiger partial charge on any atom is 0.116 e. The molecule has 4 rings (SSSR count). The lowest BCUT2D eigenvalue weighted by Gasteiger charge is -2.39. The van der Waals surface area contributed by atoms with Crippen LogP contribution in [0.1, 0.15) is 18.4 Å². The van der Waals surface area contributed by atoms with Crippen LogP contribution in [0.2, 0.25) is 0 Å². The summed E-state index contributed by atoms with van der Waals surface area (Å²) < 4.78 is 0. The number of hydrogen-bond acceptors (Lipinski definition) is 2. The van der Waals surface area contributed by atoms with Gasteiger partial charge < -0.3 is 10.0 Å². The minimum atomic E-state index is 0. The van der Waals surface area contributed by atoms with Crippen molar-refractivity contribution in [3.8, 4) is 5.75 Å². The second-order valence-electron chi connectivity index (χ2n) is 4.45. The molecular weight excluding hydrogens is 266 g/mol. The highest BCUT2D eigenvalue weighted by atomic mass is 79.9. The van der Waals surface area contributed by atoms with E-state index in [1.165, 1.54) is 37.1 Å². The van der Waals surface area contributed by atoms with E-state index in [1.54, 1.807) is 6.07 Å². The van der Waals surface area contributed by atoms with Gasteiger partial charge in [0.25, 0.3) is 0 Å². The average Bonchev–Trinajstić information content (AvgIpc) is 2.30. The Morgan fingerprint density at radius 1 is 1.19 bits per heavy atom. The summed E-state index contributed by atoms with van der Waals surface area (Å²) in [6.45, 7) is 2.40. The highest BCUT2D eigenvalue weighted by molar-refractivity contribution is 8.93. The molecule has 3 aliphatic heterocycles. The largest absolute Gasteiger partial charge is 0.508 e. The van der Waals surface area contributed by atoms with E-state index in [0.29, 0.717) is 11.7 Å². The number of aromatic hydroxyl groups is 1. The van der Waals surface area contributed by atoms with Crippen LogP contribution in [0.3, 0.4) is 0 Å². The molecule has 0 aliphatic carbocycles. The van der Waals surface area contributed by atoms with Crippen LogP contribution in [0.25, 0.3) is 5.57 Å². The number of nitrogens with zero attached hydrogens (tertiary/aromatic N) is 1. The quantitative estimate of drug-likeness (QED) is 0.855. The Labute approximate surface area is 106 Å². The van der Waals surface area contributed by atoms with Gasteiger partial charge in [-0.15, -0.1) is 17.0 Å². The molecule has 0 aromatic heterocycles. The lowest BCUT2D eigenvalue weighted by Crippen LogP contribution is -2.35. The van der Waals surface area contributed by atoms with Gasteiger partial charge in [-0.1, -0.05) is 12.1 Å². The van der Waals surface area contributed by atoms with Crippen molar-refractivity contribution < 1.29 is 5.11 Å². The average molecular weight is 282 g/mol. The molecule has 1 saturated heterocycles. The van der Waals surface area contributed by atoms with Crippen LogP contribution in [0.5, 0.6) is 5.75 Å². The minimum absolute atomic E-state index is 0. The van der Waals surface area contributed by atoms with E-state index in [9.17, 15) is 5.11 Å². The molecule has 86 valence electrons. The maximum absolute atomic E-state index is 9.47. The molecule has 1 aromatic carbocycles. The highest BCUT2D eigenvalue weighted by Gasteiger charge is 2.27. The molecule has 1 N–H and O–H groups in total.